The summed E-state index contributed by atoms with van der Waals surface area (Å²) in [5.74, 6) is 1.51. The summed E-state index contributed by atoms with van der Waals surface area (Å²) in [4.78, 5) is 20.6. The van der Waals surface area contributed by atoms with Crippen LogP contribution >= 0.6 is 0 Å². The SMILES string of the molecule is Cc1cc(Nc2nccc(-c3ccc(N(C)C)nc3)n2)ccc1N1C[C@@H]2C[C@H]1CN2C. The average Bonchev–Trinajstić information content (AvgIpc) is 3.34. The fourth-order valence-corrected chi connectivity index (χ4v) is 4.73. The van der Waals surface area contributed by atoms with Gasteiger partial charge in [0.25, 0.3) is 0 Å². The molecular weight excluding hydrogens is 386 g/mol. The molecule has 31 heavy (non-hydrogen) atoms. The van der Waals surface area contributed by atoms with Gasteiger partial charge in [-0.1, -0.05) is 0 Å². The Kier molecular flexibility index (Phi) is 4.98. The molecule has 0 spiro atoms. The molecular formula is C24H29N7. The van der Waals surface area contributed by atoms with Crippen molar-refractivity contribution in [1.29, 1.82) is 0 Å². The topological polar surface area (TPSA) is 60.4 Å². The van der Waals surface area contributed by atoms with Gasteiger partial charge in [0.2, 0.25) is 5.95 Å². The van der Waals surface area contributed by atoms with E-state index in [0.717, 1.165) is 35.9 Å². The smallest absolute Gasteiger partial charge is 0.227 e. The van der Waals surface area contributed by atoms with E-state index in [-0.39, 0.29) is 0 Å². The predicted molar refractivity (Wildman–Crippen MR) is 126 cm³/mol. The third-order valence-corrected chi connectivity index (χ3v) is 6.43. The Morgan fingerprint density at radius 2 is 1.90 bits per heavy atom. The Morgan fingerprint density at radius 3 is 2.55 bits per heavy atom. The van der Waals surface area contributed by atoms with Crippen LogP contribution in [0.15, 0.2) is 48.8 Å². The van der Waals surface area contributed by atoms with Gasteiger partial charge in [0, 0.05) is 68.6 Å². The second kappa shape index (κ2) is 7.81. The monoisotopic (exact) mass is 415 g/mol. The number of aromatic nitrogens is 3. The molecule has 7 heteroatoms. The number of aryl methyl sites for hydroxylation is 1. The molecule has 0 saturated carbocycles. The maximum Gasteiger partial charge on any atom is 0.227 e. The summed E-state index contributed by atoms with van der Waals surface area (Å²) in [5.41, 5.74) is 5.44. The first kappa shape index (κ1) is 19.8. The summed E-state index contributed by atoms with van der Waals surface area (Å²) >= 11 is 0. The summed E-state index contributed by atoms with van der Waals surface area (Å²) < 4.78 is 0. The lowest BCUT2D eigenvalue weighted by molar-refractivity contribution is 0.292. The van der Waals surface area contributed by atoms with Gasteiger partial charge in [-0.15, -0.1) is 0 Å². The number of piperazine rings is 1. The van der Waals surface area contributed by atoms with E-state index in [0.29, 0.717) is 18.0 Å². The average molecular weight is 416 g/mol. The van der Waals surface area contributed by atoms with E-state index in [1.54, 1.807) is 6.20 Å². The van der Waals surface area contributed by atoms with Crippen LogP contribution in [-0.2, 0) is 0 Å². The summed E-state index contributed by atoms with van der Waals surface area (Å²) in [6, 6.07) is 13.8. The minimum atomic E-state index is 0.586. The number of nitrogens with zero attached hydrogens (tertiary/aromatic N) is 6. The van der Waals surface area contributed by atoms with E-state index in [2.05, 4.69) is 57.3 Å². The number of hydrogen-bond acceptors (Lipinski definition) is 7. The molecule has 2 aliphatic rings. The van der Waals surface area contributed by atoms with Crippen molar-refractivity contribution in [1.82, 2.24) is 19.9 Å². The van der Waals surface area contributed by atoms with Gasteiger partial charge in [-0.3, -0.25) is 4.90 Å². The minimum absolute atomic E-state index is 0.586. The third-order valence-electron chi connectivity index (χ3n) is 6.43. The zero-order chi connectivity index (χ0) is 21.5. The van der Waals surface area contributed by atoms with Crippen LogP contribution in [0.5, 0.6) is 0 Å². The first-order chi connectivity index (χ1) is 15.0. The lowest BCUT2D eigenvalue weighted by Gasteiger charge is -2.34. The fraction of sp³-hybridized carbons (Fsp3) is 0.375. The van der Waals surface area contributed by atoms with Crippen molar-refractivity contribution in [2.75, 3.05) is 49.3 Å². The Balaban J connectivity index is 1.32. The molecule has 1 N–H and O–H groups in total. The fourth-order valence-electron chi connectivity index (χ4n) is 4.73. The summed E-state index contributed by atoms with van der Waals surface area (Å²) in [7, 11) is 6.20. The van der Waals surface area contributed by atoms with Crippen molar-refractivity contribution in [3.63, 3.8) is 0 Å². The van der Waals surface area contributed by atoms with E-state index >= 15 is 0 Å². The van der Waals surface area contributed by atoms with Crippen molar-refractivity contribution in [2.45, 2.75) is 25.4 Å². The number of rotatable bonds is 5. The van der Waals surface area contributed by atoms with Crippen LogP contribution in [0, 0.1) is 6.92 Å². The number of pyridine rings is 1. The number of anilines is 4. The number of likely N-dealkylation sites (N-methyl/N-ethyl adjacent to an activating group) is 1. The number of nitrogens with one attached hydrogen (secondary N) is 1. The van der Waals surface area contributed by atoms with Gasteiger partial charge < -0.3 is 15.1 Å². The zero-order valence-electron chi connectivity index (χ0n) is 18.6. The quantitative estimate of drug-likeness (QED) is 0.684. The van der Waals surface area contributed by atoms with Gasteiger partial charge in [0.1, 0.15) is 5.82 Å². The number of benzene rings is 1. The molecule has 2 aromatic heterocycles. The number of hydrogen-bond donors (Lipinski definition) is 1. The molecule has 5 rings (SSSR count). The van der Waals surface area contributed by atoms with Crippen LogP contribution in [-0.4, -0.2) is 66.2 Å². The van der Waals surface area contributed by atoms with Gasteiger partial charge in [-0.2, -0.15) is 0 Å². The van der Waals surface area contributed by atoms with Gasteiger partial charge in [0.05, 0.1) is 5.69 Å². The maximum absolute atomic E-state index is 4.69. The molecule has 160 valence electrons. The molecule has 0 unspecified atom stereocenters. The van der Waals surface area contributed by atoms with Gasteiger partial charge >= 0.3 is 0 Å². The normalized spacial score (nSPS) is 20.3. The largest absolute Gasteiger partial charge is 0.365 e. The van der Waals surface area contributed by atoms with E-state index in [4.69, 9.17) is 4.98 Å². The standard InChI is InChI=1S/C24H29N7/c1-16-11-18(6-7-22(16)31-15-19-12-20(31)14-30(19)4)27-24-25-10-9-21(28-24)17-5-8-23(26-13-17)29(2)3/h5-11,13,19-20H,12,14-15H2,1-4H3,(H,25,27,28)/t19-,20-/m0/s1. The van der Waals surface area contributed by atoms with Crippen LogP contribution in [0.4, 0.5) is 23.1 Å². The summed E-state index contributed by atoms with van der Waals surface area (Å²) in [5, 5.41) is 3.37. The second-order valence-electron chi connectivity index (χ2n) is 8.83. The van der Waals surface area contributed by atoms with Crippen molar-refractivity contribution >= 4 is 23.1 Å². The third kappa shape index (κ3) is 3.81. The first-order valence-electron chi connectivity index (χ1n) is 10.8. The Morgan fingerprint density at radius 1 is 1.03 bits per heavy atom. The van der Waals surface area contributed by atoms with Gasteiger partial charge in [0.15, 0.2) is 0 Å². The van der Waals surface area contributed by atoms with E-state index in [1.165, 1.54) is 17.7 Å². The molecule has 7 nitrogen and oxygen atoms in total. The molecule has 2 aliphatic heterocycles. The van der Waals surface area contributed by atoms with Crippen molar-refractivity contribution in [2.24, 2.45) is 0 Å². The Bertz CT molecular complexity index is 1080. The molecule has 0 aliphatic carbocycles. The van der Waals surface area contributed by atoms with Crippen molar-refractivity contribution in [3.8, 4) is 11.3 Å². The summed E-state index contributed by atoms with van der Waals surface area (Å²) in [6.07, 6.45) is 4.91. The molecule has 2 fully saturated rings. The summed E-state index contributed by atoms with van der Waals surface area (Å²) in [6.45, 7) is 4.47. The highest BCUT2D eigenvalue weighted by Gasteiger charge is 2.41. The van der Waals surface area contributed by atoms with E-state index in [9.17, 15) is 0 Å². The molecule has 2 saturated heterocycles. The minimum Gasteiger partial charge on any atom is -0.365 e. The van der Waals surface area contributed by atoms with Crippen LogP contribution < -0.4 is 15.1 Å². The molecule has 0 radical (unpaired) electrons. The van der Waals surface area contributed by atoms with Crippen molar-refractivity contribution in [3.05, 3.63) is 54.4 Å². The number of likely N-dealkylation sites (tertiary alicyclic amines) is 1. The van der Waals surface area contributed by atoms with Gasteiger partial charge in [-0.05, 0) is 62.4 Å². The molecule has 2 atom stereocenters. The van der Waals surface area contributed by atoms with Crippen LogP contribution in [0.2, 0.25) is 0 Å². The van der Waals surface area contributed by atoms with Gasteiger partial charge in [-0.25, -0.2) is 15.0 Å². The first-order valence-corrected chi connectivity index (χ1v) is 10.8. The predicted octanol–water partition coefficient (Wildman–Crippen LogP) is 3.55. The highest BCUT2D eigenvalue weighted by molar-refractivity contribution is 5.66. The molecule has 1 aromatic carbocycles. The number of fused-ring (bicyclic) bond motifs is 2. The molecule has 4 heterocycles. The lowest BCUT2D eigenvalue weighted by Crippen LogP contribution is -2.44. The maximum atomic E-state index is 4.69. The van der Waals surface area contributed by atoms with E-state index < -0.39 is 0 Å². The lowest BCUT2D eigenvalue weighted by atomic mass is 10.1. The highest BCUT2D eigenvalue weighted by Crippen LogP contribution is 2.36. The highest BCUT2D eigenvalue weighted by atomic mass is 15.3. The molecule has 2 bridgehead atoms. The van der Waals surface area contributed by atoms with Crippen LogP contribution in [0.25, 0.3) is 11.3 Å². The van der Waals surface area contributed by atoms with Crippen molar-refractivity contribution < 1.29 is 0 Å². The van der Waals surface area contributed by atoms with Crippen LogP contribution in [0.1, 0.15) is 12.0 Å². The van der Waals surface area contributed by atoms with E-state index in [1.807, 2.05) is 43.4 Å². The Hall–Kier alpha value is -3.19. The molecule has 0 amide bonds. The second-order valence-corrected chi connectivity index (χ2v) is 8.83. The zero-order valence-corrected chi connectivity index (χ0v) is 18.6. The van der Waals surface area contributed by atoms with Crippen LogP contribution in [0.3, 0.4) is 0 Å². The molecule has 3 aromatic rings. The Labute approximate surface area is 183 Å².